The second-order valence-electron chi connectivity index (χ2n) is 4.37. The number of aliphatic hydroxyl groups excluding tert-OH is 3. The number of nitrogens with zero attached hydrogens (tertiary/aromatic N) is 2. The number of hydrogen-bond acceptors (Lipinski definition) is 8. The first-order valence-electron chi connectivity index (χ1n) is 5.96. The standard InChI is InChI=1S/C11H14BrN3O6/c12-2-1-5-3-15(11(19)13-9(5)14-20)10-8(18)7(17)6(4-16)21-10/h1-3,6-8,10,16-18,20H,4H2,(H,13,14,19)/t6-,7-,8-,10-/m1/s1. The van der Waals surface area contributed by atoms with E-state index in [9.17, 15) is 15.0 Å². The number of rotatable bonds is 4. The van der Waals surface area contributed by atoms with Crippen molar-refractivity contribution in [2.24, 2.45) is 0 Å². The Morgan fingerprint density at radius 2 is 2.19 bits per heavy atom. The SMILES string of the molecule is O=c1nc(NO)c(C=CBr)cn1[C@@H]1O[C@H](CO)[C@@H](O)[C@H]1O. The fourth-order valence-corrected chi connectivity index (χ4v) is 2.34. The van der Waals surface area contributed by atoms with Crippen molar-refractivity contribution in [3.05, 3.63) is 27.2 Å². The molecule has 116 valence electrons. The predicted molar refractivity (Wildman–Crippen MR) is 74.9 cm³/mol. The third kappa shape index (κ3) is 3.00. The molecule has 0 aromatic carbocycles. The number of aliphatic hydroxyl groups is 3. The molecule has 2 rings (SSSR count). The van der Waals surface area contributed by atoms with E-state index in [1.807, 2.05) is 0 Å². The van der Waals surface area contributed by atoms with Crippen LogP contribution in [-0.2, 0) is 4.74 Å². The molecule has 0 aliphatic carbocycles. The summed E-state index contributed by atoms with van der Waals surface area (Å²) in [5.41, 5.74) is 1.33. The highest BCUT2D eigenvalue weighted by atomic mass is 79.9. The molecule has 0 amide bonds. The fourth-order valence-electron chi connectivity index (χ4n) is 2.06. The van der Waals surface area contributed by atoms with Gasteiger partial charge in [-0.05, 0) is 11.1 Å². The number of hydrogen-bond donors (Lipinski definition) is 5. The van der Waals surface area contributed by atoms with Crippen LogP contribution >= 0.6 is 15.9 Å². The van der Waals surface area contributed by atoms with Crippen molar-refractivity contribution < 1.29 is 25.3 Å². The molecule has 5 N–H and O–H groups in total. The molecule has 9 nitrogen and oxygen atoms in total. The van der Waals surface area contributed by atoms with Gasteiger partial charge in [0, 0.05) is 11.8 Å². The van der Waals surface area contributed by atoms with Gasteiger partial charge in [0.1, 0.15) is 18.3 Å². The van der Waals surface area contributed by atoms with Crippen molar-refractivity contribution in [3.8, 4) is 0 Å². The Morgan fingerprint density at radius 3 is 2.71 bits per heavy atom. The van der Waals surface area contributed by atoms with Crippen LogP contribution in [0.5, 0.6) is 0 Å². The van der Waals surface area contributed by atoms with Crippen molar-refractivity contribution in [1.82, 2.24) is 9.55 Å². The Balaban J connectivity index is 2.45. The van der Waals surface area contributed by atoms with Crippen LogP contribution in [-0.4, -0.2) is 55.0 Å². The highest BCUT2D eigenvalue weighted by molar-refractivity contribution is 9.11. The average Bonchev–Trinajstić information content (AvgIpc) is 2.76. The zero-order valence-corrected chi connectivity index (χ0v) is 12.2. The molecule has 21 heavy (non-hydrogen) atoms. The molecule has 0 bridgehead atoms. The lowest BCUT2D eigenvalue weighted by Gasteiger charge is -2.18. The van der Waals surface area contributed by atoms with Crippen molar-refractivity contribution in [2.45, 2.75) is 24.5 Å². The fraction of sp³-hybridized carbons (Fsp3) is 0.455. The molecule has 0 radical (unpaired) electrons. The zero-order chi connectivity index (χ0) is 15.6. The first-order valence-corrected chi connectivity index (χ1v) is 6.87. The van der Waals surface area contributed by atoms with Crippen LogP contribution in [0.15, 0.2) is 16.0 Å². The monoisotopic (exact) mass is 363 g/mol. The van der Waals surface area contributed by atoms with Gasteiger partial charge in [-0.1, -0.05) is 15.9 Å². The molecular weight excluding hydrogens is 350 g/mol. The third-order valence-electron chi connectivity index (χ3n) is 3.12. The van der Waals surface area contributed by atoms with Crippen molar-refractivity contribution in [1.29, 1.82) is 0 Å². The lowest BCUT2D eigenvalue weighted by molar-refractivity contribution is -0.0549. The van der Waals surface area contributed by atoms with Crippen LogP contribution in [0.2, 0.25) is 0 Å². The van der Waals surface area contributed by atoms with Gasteiger partial charge in [0.25, 0.3) is 0 Å². The molecular formula is C11H14BrN3O6. The number of aromatic nitrogens is 2. The molecule has 1 fully saturated rings. The Bertz CT molecular complexity index is 592. The minimum atomic E-state index is -1.39. The van der Waals surface area contributed by atoms with Gasteiger partial charge >= 0.3 is 5.69 Å². The molecule has 0 unspecified atom stereocenters. The van der Waals surface area contributed by atoms with E-state index in [-0.39, 0.29) is 5.82 Å². The van der Waals surface area contributed by atoms with Crippen LogP contribution in [0.4, 0.5) is 5.82 Å². The average molecular weight is 364 g/mol. The summed E-state index contributed by atoms with van der Waals surface area (Å²) < 4.78 is 6.24. The maximum absolute atomic E-state index is 11.9. The Hall–Kier alpha value is -1.30. The van der Waals surface area contributed by atoms with Crippen LogP contribution in [0, 0.1) is 0 Å². The van der Waals surface area contributed by atoms with Crippen LogP contribution in [0.1, 0.15) is 11.8 Å². The highest BCUT2D eigenvalue weighted by Gasteiger charge is 2.43. The van der Waals surface area contributed by atoms with Gasteiger partial charge in [0.15, 0.2) is 12.0 Å². The quantitative estimate of drug-likeness (QED) is 0.430. The van der Waals surface area contributed by atoms with E-state index in [1.54, 1.807) is 5.48 Å². The summed E-state index contributed by atoms with van der Waals surface area (Å²) in [6.07, 6.45) is -2.10. The lowest BCUT2D eigenvalue weighted by atomic mass is 10.1. The second kappa shape index (κ2) is 6.64. The maximum Gasteiger partial charge on any atom is 0.351 e. The van der Waals surface area contributed by atoms with Gasteiger partial charge in [-0.25, -0.2) is 4.79 Å². The summed E-state index contributed by atoms with van der Waals surface area (Å²) in [5.74, 6) is -0.0707. The smallest absolute Gasteiger partial charge is 0.351 e. The molecule has 4 atom stereocenters. The van der Waals surface area contributed by atoms with E-state index in [2.05, 4.69) is 20.9 Å². The van der Waals surface area contributed by atoms with E-state index in [1.165, 1.54) is 17.3 Å². The minimum Gasteiger partial charge on any atom is -0.394 e. The predicted octanol–water partition coefficient (Wildman–Crippen LogP) is -0.979. The third-order valence-corrected chi connectivity index (χ3v) is 3.38. The molecule has 1 aromatic heterocycles. The normalized spacial score (nSPS) is 29.2. The highest BCUT2D eigenvalue weighted by Crippen LogP contribution is 2.28. The molecule has 1 aromatic rings. The molecule has 1 saturated heterocycles. The van der Waals surface area contributed by atoms with Crippen LogP contribution < -0.4 is 11.2 Å². The summed E-state index contributed by atoms with van der Waals surface area (Å²) in [5, 5.41) is 37.6. The first-order chi connectivity index (χ1) is 10.0. The Morgan fingerprint density at radius 1 is 1.48 bits per heavy atom. The lowest BCUT2D eigenvalue weighted by Crippen LogP contribution is -2.36. The van der Waals surface area contributed by atoms with Gasteiger partial charge in [-0.2, -0.15) is 4.98 Å². The number of ether oxygens (including phenoxy) is 1. The molecule has 2 heterocycles. The number of nitrogens with one attached hydrogen (secondary N) is 1. The molecule has 0 saturated carbocycles. The zero-order valence-electron chi connectivity index (χ0n) is 10.6. The van der Waals surface area contributed by atoms with Crippen LogP contribution in [0.3, 0.4) is 0 Å². The number of anilines is 1. The topological polar surface area (TPSA) is 137 Å². The molecule has 1 aliphatic heterocycles. The summed E-state index contributed by atoms with van der Waals surface area (Å²) in [6, 6.07) is 0. The van der Waals surface area contributed by atoms with Crippen molar-refractivity contribution in [3.63, 3.8) is 0 Å². The maximum atomic E-state index is 11.9. The van der Waals surface area contributed by atoms with Gasteiger partial charge in [0.2, 0.25) is 0 Å². The van der Waals surface area contributed by atoms with Gasteiger partial charge in [-0.15, -0.1) is 0 Å². The van der Waals surface area contributed by atoms with Gasteiger partial charge in [0.05, 0.1) is 6.61 Å². The minimum absolute atomic E-state index is 0.0707. The number of halogens is 1. The summed E-state index contributed by atoms with van der Waals surface area (Å²) >= 11 is 3.06. The Kier molecular flexibility index (Phi) is 5.08. The first kappa shape index (κ1) is 16.1. The summed E-state index contributed by atoms with van der Waals surface area (Å²) in [7, 11) is 0. The summed E-state index contributed by atoms with van der Waals surface area (Å²) in [6.45, 7) is -0.499. The van der Waals surface area contributed by atoms with E-state index < -0.39 is 36.8 Å². The Labute approximate surface area is 127 Å². The second-order valence-corrected chi connectivity index (χ2v) is 4.90. The molecule has 0 spiro atoms. The summed E-state index contributed by atoms with van der Waals surface area (Å²) in [4.78, 5) is 17.0. The van der Waals surface area contributed by atoms with E-state index in [0.717, 1.165) is 4.57 Å². The van der Waals surface area contributed by atoms with E-state index >= 15 is 0 Å². The van der Waals surface area contributed by atoms with E-state index in [0.29, 0.717) is 5.56 Å². The molecule has 10 heteroatoms. The van der Waals surface area contributed by atoms with Crippen molar-refractivity contribution >= 4 is 27.8 Å². The van der Waals surface area contributed by atoms with Crippen LogP contribution in [0.25, 0.3) is 6.08 Å². The molecule has 1 aliphatic rings. The van der Waals surface area contributed by atoms with Gasteiger partial charge in [-0.3, -0.25) is 15.3 Å². The van der Waals surface area contributed by atoms with Gasteiger partial charge < -0.3 is 20.1 Å². The van der Waals surface area contributed by atoms with E-state index in [4.69, 9.17) is 15.1 Å². The largest absolute Gasteiger partial charge is 0.394 e. The van der Waals surface area contributed by atoms with Crippen molar-refractivity contribution in [2.75, 3.05) is 12.1 Å².